The molecule has 4 rings (SSSR count). The molecule has 1 spiro atoms. The van der Waals surface area contributed by atoms with Gasteiger partial charge in [0.05, 0.1) is 24.6 Å². The number of carbonyl (C=O) groups is 1. The van der Waals surface area contributed by atoms with Gasteiger partial charge in [0.1, 0.15) is 0 Å². The molecule has 1 aliphatic carbocycles. The highest BCUT2D eigenvalue weighted by molar-refractivity contribution is 5.84. The lowest BCUT2D eigenvalue weighted by atomic mass is 9.71. The molecule has 1 aromatic heterocycles. The molecule has 1 saturated heterocycles. The fourth-order valence-electron chi connectivity index (χ4n) is 4.25. The van der Waals surface area contributed by atoms with Gasteiger partial charge in [-0.05, 0) is 12.8 Å². The van der Waals surface area contributed by atoms with E-state index in [2.05, 4.69) is 10.3 Å². The number of hydrogen-bond donors (Lipinski definition) is 1. The zero-order valence-electron chi connectivity index (χ0n) is 12.7. The van der Waals surface area contributed by atoms with Crippen LogP contribution >= 0.6 is 0 Å². The van der Waals surface area contributed by atoms with Crippen molar-refractivity contribution in [2.45, 2.75) is 51.0 Å². The molecule has 0 bridgehead atoms. The van der Waals surface area contributed by atoms with Crippen molar-refractivity contribution in [3.63, 3.8) is 0 Å². The number of fused-ring (bicyclic) bond motifs is 1. The van der Waals surface area contributed by atoms with E-state index in [4.69, 9.17) is 0 Å². The van der Waals surface area contributed by atoms with Gasteiger partial charge in [-0.25, -0.2) is 4.98 Å². The average molecular weight is 328 g/mol. The number of halogens is 3. The summed E-state index contributed by atoms with van der Waals surface area (Å²) >= 11 is 0. The highest BCUT2D eigenvalue weighted by Gasteiger charge is 2.53. The normalized spacial score (nSPS) is 26.2. The summed E-state index contributed by atoms with van der Waals surface area (Å²) in [6, 6.07) is -0.228. The molecule has 3 aliphatic rings. The third kappa shape index (κ3) is 2.26. The summed E-state index contributed by atoms with van der Waals surface area (Å²) in [6.45, 7) is 1.64. The van der Waals surface area contributed by atoms with Crippen molar-refractivity contribution in [1.82, 2.24) is 19.8 Å². The first-order valence-electron chi connectivity index (χ1n) is 8.04. The lowest BCUT2D eigenvalue weighted by Gasteiger charge is -2.49. The molecule has 3 heterocycles. The molecule has 2 aliphatic heterocycles. The van der Waals surface area contributed by atoms with Crippen molar-refractivity contribution in [2.75, 3.05) is 13.1 Å². The Kier molecular flexibility index (Phi) is 3.23. The summed E-state index contributed by atoms with van der Waals surface area (Å²) in [5.74, 6) is -0.0567. The summed E-state index contributed by atoms with van der Waals surface area (Å²) in [7, 11) is 0. The van der Waals surface area contributed by atoms with Crippen molar-refractivity contribution < 1.29 is 18.0 Å². The SMILES string of the molecule is O=C(C1NCC12CCCC2)N1CCn2cnc(C(F)(F)F)c2C1. The van der Waals surface area contributed by atoms with Crippen LogP contribution in [0.1, 0.15) is 37.1 Å². The molecular weight excluding hydrogens is 309 g/mol. The molecule has 0 aromatic carbocycles. The predicted octanol–water partition coefficient (Wildman–Crippen LogP) is 1.78. The van der Waals surface area contributed by atoms with Gasteiger partial charge in [0, 0.05) is 25.0 Å². The van der Waals surface area contributed by atoms with Crippen LogP contribution in [-0.4, -0.2) is 39.5 Å². The Balaban J connectivity index is 1.54. The third-order valence-electron chi connectivity index (χ3n) is 5.59. The second kappa shape index (κ2) is 4.96. The van der Waals surface area contributed by atoms with E-state index in [-0.39, 0.29) is 29.6 Å². The van der Waals surface area contributed by atoms with Gasteiger partial charge in [-0.2, -0.15) is 13.2 Å². The van der Waals surface area contributed by atoms with Crippen LogP contribution < -0.4 is 5.32 Å². The van der Waals surface area contributed by atoms with Gasteiger partial charge in [-0.15, -0.1) is 0 Å². The highest BCUT2D eigenvalue weighted by atomic mass is 19.4. The molecule has 1 amide bonds. The number of aromatic nitrogens is 2. The molecule has 0 radical (unpaired) electrons. The van der Waals surface area contributed by atoms with Crippen molar-refractivity contribution in [1.29, 1.82) is 0 Å². The Morgan fingerprint density at radius 1 is 1.30 bits per heavy atom. The molecular formula is C15H19F3N4O. The Morgan fingerprint density at radius 3 is 2.65 bits per heavy atom. The zero-order valence-corrected chi connectivity index (χ0v) is 12.7. The van der Waals surface area contributed by atoms with Gasteiger partial charge in [0.15, 0.2) is 5.69 Å². The minimum atomic E-state index is -4.48. The number of nitrogens with zero attached hydrogens (tertiary/aromatic N) is 3. The molecule has 1 N–H and O–H groups in total. The van der Waals surface area contributed by atoms with Gasteiger partial charge >= 0.3 is 6.18 Å². The zero-order chi connectivity index (χ0) is 16.2. The van der Waals surface area contributed by atoms with Crippen molar-refractivity contribution >= 4 is 5.91 Å². The number of hydrogen-bond acceptors (Lipinski definition) is 3. The first-order valence-corrected chi connectivity index (χ1v) is 8.04. The van der Waals surface area contributed by atoms with Crippen LogP contribution in [0.25, 0.3) is 0 Å². The second-order valence-electron chi connectivity index (χ2n) is 6.87. The number of carbonyl (C=O) groups excluding carboxylic acids is 1. The topological polar surface area (TPSA) is 50.2 Å². The molecule has 8 heteroatoms. The van der Waals surface area contributed by atoms with Gasteiger partial charge in [-0.1, -0.05) is 12.8 Å². The van der Waals surface area contributed by atoms with E-state index in [9.17, 15) is 18.0 Å². The molecule has 1 saturated carbocycles. The second-order valence-corrected chi connectivity index (χ2v) is 6.87. The Morgan fingerprint density at radius 2 is 2.04 bits per heavy atom. The van der Waals surface area contributed by atoms with E-state index in [0.717, 1.165) is 32.2 Å². The monoisotopic (exact) mass is 328 g/mol. The van der Waals surface area contributed by atoms with Crippen LogP contribution in [0.15, 0.2) is 6.33 Å². The number of nitrogens with one attached hydrogen (secondary N) is 1. The Bertz CT molecular complexity index is 633. The Labute approximate surface area is 131 Å². The van der Waals surface area contributed by atoms with Crippen LogP contribution in [0.2, 0.25) is 0 Å². The van der Waals surface area contributed by atoms with E-state index in [1.54, 1.807) is 4.90 Å². The fourth-order valence-corrected chi connectivity index (χ4v) is 4.25. The summed E-state index contributed by atoms with van der Waals surface area (Å²) in [6.07, 6.45) is 1.09. The van der Waals surface area contributed by atoms with E-state index in [1.807, 2.05) is 0 Å². The van der Waals surface area contributed by atoms with Crippen molar-refractivity contribution in [3.8, 4) is 0 Å². The molecule has 1 unspecified atom stereocenters. The maximum Gasteiger partial charge on any atom is 0.435 e. The maximum atomic E-state index is 13.0. The minimum absolute atomic E-state index is 0.0120. The summed E-state index contributed by atoms with van der Waals surface area (Å²) in [5, 5.41) is 3.20. The number of rotatable bonds is 1. The Hall–Kier alpha value is -1.57. The van der Waals surface area contributed by atoms with Crippen molar-refractivity contribution in [2.24, 2.45) is 5.41 Å². The molecule has 2 fully saturated rings. The summed E-state index contributed by atoms with van der Waals surface area (Å²) < 4.78 is 40.6. The van der Waals surface area contributed by atoms with Crippen LogP contribution in [-0.2, 0) is 24.1 Å². The fraction of sp³-hybridized carbons (Fsp3) is 0.733. The minimum Gasteiger partial charge on any atom is -0.334 e. The standard InChI is InChI=1S/C15H19F3N4O/c16-15(17,18)11-10-7-21(5-6-22(10)9-20-11)13(23)12-14(8-19-12)3-1-2-4-14/h9,12,19H,1-8H2. The van der Waals surface area contributed by atoms with E-state index in [1.165, 1.54) is 10.9 Å². The van der Waals surface area contributed by atoms with Gasteiger partial charge < -0.3 is 14.8 Å². The molecule has 1 atom stereocenters. The molecule has 126 valence electrons. The molecule has 5 nitrogen and oxygen atoms in total. The lowest BCUT2D eigenvalue weighted by molar-refractivity contribution is -0.146. The van der Waals surface area contributed by atoms with Crippen LogP contribution in [0.3, 0.4) is 0 Å². The van der Waals surface area contributed by atoms with Gasteiger partial charge in [-0.3, -0.25) is 4.79 Å². The smallest absolute Gasteiger partial charge is 0.334 e. The molecule has 23 heavy (non-hydrogen) atoms. The summed E-state index contributed by atoms with van der Waals surface area (Å²) in [4.78, 5) is 17.8. The van der Waals surface area contributed by atoms with Gasteiger partial charge in [0.25, 0.3) is 0 Å². The van der Waals surface area contributed by atoms with E-state index in [0.29, 0.717) is 13.1 Å². The third-order valence-corrected chi connectivity index (χ3v) is 5.59. The molecule has 1 aromatic rings. The lowest BCUT2D eigenvalue weighted by Crippen LogP contribution is -2.67. The first kappa shape index (κ1) is 15.0. The summed E-state index contributed by atoms with van der Waals surface area (Å²) in [5.41, 5.74) is -0.731. The van der Waals surface area contributed by atoms with Crippen LogP contribution in [0, 0.1) is 5.41 Å². The maximum absolute atomic E-state index is 13.0. The first-order chi connectivity index (χ1) is 10.9. The van der Waals surface area contributed by atoms with Crippen LogP contribution in [0.5, 0.6) is 0 Å². The highest BCUT2D eigenvalue weighted by Crippen LogP contribution is 2.46. The van der Waals surface area contributed by atoms with Crippen LogP contribution in [0.4, 0.5) is 13.2 Å². The van der Waals surface area contributed by atoms with E-state index >= 15 is 0 Å². The van der Waals surface area contributed by atoms with Crippen molar-refractivity contribution in [3.05, 3.63) is 17.7 Å². The number of amides is 1. The van der Waals surface area contributed by atoms with E-state index < -0.39 is 11.9 Å². The number of alkyl halides is 3. The predicted molar refractivity (Wildman–Crippen MR) is 75.3 cm³/mol. The largest absolute Gasteiger partial charge is 0.435 e. The van der Waals surface area contributed by atoms with Gasteiger partial charge in [0.2, 0.25) is 5.91 Å². The number of imidazole rings is 1. The average Bonchev–Trinajstić information content (AvgIpc) is 3.13. The quantitative estimate of drug-likeness (QED) is 0.855.